The number of likely N-dealkylation sites (tertiary alicyclic amines) is 1. The van der Waals surface area contributed by atoms with E-state index in [4.69, 9.17) is 17.3 Å². The number of fused-ring (bicyclic) bond motifs is 1. The van der Waals surface area contributed by atoms with Crippen molar-refractivity contribution in [3.05, 3.63) is 64.8 Å². The summed E-state index contributed by atoms with van der Waals surface area (Å²) in [6.07, 6.45) is 2.61. The van der Waals surface area contributed by atoms with E-state index in [1.165, 1.54) is 37.1 Å². The van der Waals surface area contributed by atoms with Gasteiger partial charge >= 0.3 is 0 Å². The van der Waals surface area contributed by atoms with Crippen molar-refractivity contribution < 1.29 is 0 Å². The lowest BCUT2D eigenvalue weighted by atomic mass is 10.1. The molecule has 1 aromatic heterocycles. The second-order valence-electron chi connectivity index (χ2n) is 6.81. The molecule has 0 spiro atoms. The van der Waals surface area contributed by atoms with Crippen LogP contribution in [0.4, 0.5) is 11.4 Å². The summed E-state index contributed by atoms with van der Waals surface area (Å²) in [4.78, 5) is 6.89. The van der Waals surface area contributed by atoms with Gasteiger partial charge in [0.2, 0.25) is 0 Å². The van der Waals surface area contributed by atoms with E-state index in [0.717, 1.165) is 23.1 Å². The number of halogens is 1. The fourth-order valence-electron chi connectivity index (χ4n) is 3.64. The molecule has 1 saturated heterocycles. The fourth-order valence-corrected chi connectivity index (χ4v) is 3.82. The van der Waals surface area contributed by atoms with Crippen LogP contribution in [0, 0.1) is 0 Å². The predicted octanol–water partition coefficient (Wildman–Crippen LogP) is 4.68. The van der Waals surface area contributed by atoms with E-state index in [0.29, 0.717) is 17.4 Å². The molecule has 1 aliphatic heterocycles. The van der Waals surface area contributed by atoms with Crippen LogP contribution >= 0.6 is 11.6 Å². The Kier molecular flexibility index (Phi) is 4.96. The van der Waals surface area contributed by atoms with E-state index >= 15 is 0 Å². The second kappa shape index (κ2) is 7.52. The molecule has 4 nitrogen and oxygen atoms in total. The quantitative estimate of drug-likeness (QED) is 0.644. The minimum atomic E-state index is 0.344. The summed E-state index contributed by atoms with van der Waals surface area (Å²) < 4.78 is 0. The molecule has 4 rings (SSSR count). The Morgan fingerprint density at radius 3 is 2.50 bits per heavy atom. The van der Waals surface area contributed by atoms with Crippen LogP contribution in [-0.2, 0) is 13.1 Å². The molecule has 1 fully saturated rings. The molecule has 134 valence electrons. The van der Waals surface area contributed by atoms with Crippen LogP contribution in [0.1, 0.15) is 24.0 Å². The summed E-state index contributed by atoms with van der Waals surface area (Å²) >= 11 is 6.24. The topological polar surface area (TPSA) is 54.2 Å². The largest absolute Gasteiger partial charge is 0.395 e. The molecular weight excluding hydrogens is 344 g/mol. The summed E-state index contributed by atoms with van der Waals surface area (Å²) in [5.74, 6) is 0. The van der Waals surface area contributed by atoms with Crippen molar-refractivity contribution in [3.8, 4) is 0 Å². The number of hydrogen-bond acceptors (Lipinski definition) is 4. The van der Waals surface area contributed by atoms with E-state index < -0.39 is 0 Å². The van der Waals surface area contributed by atoms with Crippen molar-refractivity contribution in [3.63, 3.8) is 0 Å². The highest BCUT2D eigenvalue weighted by Crippen LogP contribution is 2.33. The highest BCUT2D eigenvalue weighted by molar-refractivity contribution is 6.33. The minimum Gasteiger partial charge on any atom is -0.395 e. The number of nitrogens with zero attached hydrogens (tertiary/aromatic N) is 2. The first-order valence-corrected chi connectivity index (χ1v) is 9.47. The van der Waals surface area contributed by atoms with Crippen LogP contribution in [0.3, 0.4) is 0 Å². The SMILES string of the molecule is Nc1c(Cl)nc2ccccc2c1NCc1ccccc1CN1CCCC1. The lowest BCUT2D eigenvalue weighted by Gasteiger charge is -2.19. The minimum absolute atomic E-state index is 0.344. The standard InChI is InChI=1S/C21H23ClN4/c22-21-19(23)20(17-9-3-4-10-18(17)25-21)24-13-15-7-1-2-8-16(15)14-26-11-5-6-12-26/h1-4,7-10H,5-6,11-14,23H2,(H,24,25). The zero-order valence-electron chi connectivity index (χ0n) is 14.7. The summed E-state index contributed by atoms with van der Waals surface area (Å²) in [5, 5.41) is 4.85. The smallest absolute Gasteiger partial charge is 0.154 e. The van der Waals surface area contributed by atoms with Gasteiger partial charge in [-0.3, -0.25) is 4.90 Å². The van der Waals surface area contributed by atoms with Gasteiger partial charge in [0.05, 0.1) is 16.9 Å². The summed E-state index contributed by atoms with van der Waals surface area (Å²) in [6, 6.07) is 16.5. The van der Waals surface area contributed by atoms with Crippen LogP contribution in [0.2, 0.25) is 5.15 Å². The first-order chi connectivity index (χ1) is 12.7. The molecule has 5 heteroatoms. The number of hydrogen-bond donors (Lipinski definition) is 2. The molecule has 1 aliphatic rings. The first kappa shape index (κ1) is 17.1. The summed E-state index contributed by atoms with van der Waals surface area (Å²) in [7, 11) is 0. The van der Waals surface area contributed by atoms with E-state index in [1.807, 2.05) is 24.3 Å². The summed E-state index contributed by atoms with van der Waals surface area (Å²) in [5.41, 5.74) is 11.1. The molecular formula is C21H23ClN4. The lowest BCUT2D eigenvalue weighted by Crippen LogP contribution is -2.19. The van der Waals surface area contributed by atoms with Crippen LogP contribution in [0.25, 0.3) is 10.9 Å². The highest BCUT2D eigenvalue weighted by atomic mass is 35.5. The monoisotopic (exact) mass is 366 g/mol. The van der Waals surface area contributed by atoms with Gasteiger partial charge in [-0.25, -0.2) is 4.98 Å². The second-order valence-corrected chi connectivity index (χ2v) is 7.17. The van der Waals surface area contributed by atoms with Gasteiger partial charge in [-0.1, -0.05) is 54.1 Å². The average Bonchev–Trinajstić information content (AvgIpc) is 3.16. The third-order valence-electron chi connectivity index (χ3n) is 5.05. The maximum Gasteiger partial charge on any atom is 0.154 e. The van der Waals surface area contributed by atoms with Gasteiger partial charge in [0.25, 0.3) is 0 Å². The van der Waals surface area contributed by atoms with Gasteiger partial charge in [-0.2, -0.15) is 0 Å². The third-order valence-corrected chi connectivity index (χ3v) is 5.34. The molecule has 0 atom stereocenters. The average molecular weight is 367 g/mol. The molecule has 0 radical (unpaired) electrons. The number of nitrogen functional groups attached to an aromatic ring is 1. The van der Waals surface area contributed by atoms with Crippen molar-refractivity contribution in [2.45, 2.75) is 25.9 Å². The molecule has 0 saturated carbocycles. The van der Waals surface area contributed by atoms with Crippen molar-refractivity contribution in [1.29, 1.82) is 0 Å². The molecule has 2 heterocycles. The van der Waals surface area contributed by atoms with Crippen LogP contribution in [-0.4, -0.2) is 23.0 Å². The highest BCUT2D eigenvalue weighted by Gasteiger charge is 2.15. The Balaban J connectivity index is 1.60. The Hall–Kier alpha value is -2.30. The molecule has 0 unspecified atom stereocenters. The van der Waals surface area contributed by atoms with E-state index in [-0.39, 0.29) is 0 Å². The maximum absolute atomic E-state index is 6.24. The maximum atomic E-state index is 6.24. The lowest BCUT2D eigenvalue weighted by molar-refractivity contribution is 0.330. The zero-order chi connectivity index (χ0) is 17.9. The number of nitrogens with one attached hydrogen (secondary N) is 1. The molecule has 0 aliphatic carbocycles. The molecule has 3 aromatic rings. The van der Waals surface area contributed by atoms with E-state index in [2.05, 4.69) is 39.5 Å². The van der Waals surface area contributed by atoms with Gasteiger partial charge in [0.1, 0.15) is 0 Å². The van der Waals surface area contributed by atoms with Gasteiger partial charge in [-0.15, -0.1) is 0 Å². The Morgan fingerprint density at radius 2 is 1.69 bits per heavy atom. The van der Waals surface area contributed by atoms with Crippen molar-refractivity contribution in [1.82, 2.24) is 9.88 Å². The molecule has 3 N–H and O–H groups in total. The Labute approximate surface area is 159 Å². The van der Waals surface area contributed by atoms with Crippen molar-refractivity contribution in [2.24, 2.45) is 0 Å². The first-order valence-electron chi connectivity index (χ1n) is 9.09. The molecule has 0 amide bonds. The van der Waals surface area contributed by atoms with E-state index in [9.17, 15) is 0 Å². The molecule has 0 bridgehead atoms. The van der Waals surface area contributed by atoms with Crippen molar-refractivity contribution >= 4 is 33.9 Å². The Bertz CT molecular complexity index is 919. The zero-order valence-corrected chi connectivity index (χ0v) is 15.5. The summed E-state index contributed by atoms with van der Waals surface area (Å²) in [6.45, 7) is 4.10. The van der Waals surface area contributed by atoms with Gasteiger partial charge in [0.15, 0.2) is 5.15 Å². The van der Waals surface area contributed by atoms with Crippen LogP contribution < -0.4 is 11.1 Å². The van der Waals surface area contributed by atoms with Gasteiger partial charge in [0, 0.05) is 18.5 Å². The number of aromatic nitrogens is 1. The van der Waals surface area contributed by atoms with Crippen molar-refractivity contribution in [2.75, 3.05) is 24.1 Å². The van der Waals surface area contributed by atoms with Gasteiger partial charge in [-0.05, 0) is 43.1 Å². The number of anilines is 2. The molecule has 26 heavy (non-hydrogen) atoms. The fraction of sp³-hybridized carbons (Fsp3) is 0.286. The number of rotatable bonds is 5. The Morgan fingerprint density at radius 1 is 1.00 bits per heavy atom. The number of nitrogens with two attached hydrogens (primary N) is 1. The van der Waals surface area contributed by atoms with Gasteiger partial charge < -0.3 is 11.1 Å². The number of pyridine rings is 1. The van der Waals surface area contributed by atoms with Crippen LogP contribution in [0.5, 0.6) is 0 Å². The predicted molar refractivity (Wildman–Crippen MR) is 109 cm³/mol. The van der Waals surface area contributed by atoms with Crippen LogP contribution in [0.15, 0.2) is 48.5 Å². The number of benzene rings is 2. The van der Waals surface area contributed by atoms with E-state index in [1.54, 1.807) is 0 Å². The normalized spacial score (nSPS) is 14.8. The number of para-hydroxylation sites is 1. The molecule has 2 aromatic carbocycles. The third kappa shape index (κ3) is 3.48.